The number of esters is 2. The maximum atomic E-state index is 12.4. The molecule has 0 saturated heterocycles. The van der Waals surface area contributed by atoms with Gasteiger partial charge in [-0.05, 0) is 64.2 Å². The molecule has 0 aromatic heterocycles. The molecule has 3 unspecified atom stereocenters. The van der Waals surface area contributed by atoms with E-state index < -0.39 is 30.4 Å². The van der Waals surface area contributed by atoms with Crippen LogP contribution in [0.5, 0.6) is 11.5 Å². The lowest BCUT2D eigenvalue weighted by molar-refractivity contribution is -0.161. The van der Waals surface area contributed by atoms with Crippen LogP contribution in [0.25, 0.3) is 0 Å². The van der Waals surface area contributed by atoms with Gasteiger partial charge in [0.2, 0.25) is 0 Å². The quantitative estimate of drug-likeness (QED) is 0.199. The van der Waals surface area contributed by atoms with Gasteiger partial charge in [0.1, 0.15) is 31.0 Å². The van der Waals surface area contributed by atoms with Crippen molar-refractivity contribution < 1.29 is 47.6 Å². The maximum absolute atomic E-state index is 12.4. The second kappa shape index (κ2) is 16.5. The Kier molecular flexibility index (Phi) is 14.2. The molecule has 0 aliphatic heterocycles. The van der Waals surface area contributed by atoms with Crippen molar-refractivity contribution in [3.63, 3.8) is 0 Å². The summed E-state index contributed by atoms with van der Waals surface area (Å²) in [6, 6.07) is 3.30. The standard InChI is InChI=1S/C27H41NO10/c1-8-16(4)24(29)34-19(7)15-33-25(30)21(28)13-20-11-12-22(37-26(31)35-17(5)9-2)23(14-20)38-27(32)36-18(6)10-3/h11-12,14,16-19,21H,8-10,13,15,28H2,1-7H3/t16?,17?,18?,19-,21-/m0/s1. The van der Waals surface area contributed by atoms with Crippen LogP contribution in [-0.2, 0) is 35.0 Å². The third-order valence-corrected chi connectivity index (χ3v) is 5.69. The van der Waals surface area contributed by atoms with Crippen molar-refractivity contribution in [3.8, 4) is 11.5 Å². The van der Waals surface area contributed by atoms with Crippen molar-refractivity contribution in [2.75, 3.05) is 6.61 Å². The summed E-state index contributed by atoms with van der Waals surface area (Å²) < 4.78 is 31.2. The largest absolute Gasteiger partial charge is 0.514 e. The summed E-state index contributed by atoms with van der Waals surface area (Å²) in [4.78, 5) is 48.6. The molecule has 38 heavy (non-hydrogen) atoms. The number of benzene rings is 1. The minimum absolute atomic E-state index is 0.0221. The van der Waals surface area contributed by atoms with Crippen molar-refractivity contribution in [1.82, 2.24) is 0 Å². The van der Waals surface area contributed by atoms with Crippen molar-refractivity contribution >= 4 is 24.2 Å². The van der Waals surface area contributed by atoms with Crippen LogP contribution >= 0.6 is 0 Å². The minimum atomic E-state index is -1.06. The SMILES string of the molecule is CCC(C)OC(=O)Oc1ccc(C[C@H](N)C(=O)OC[C@H](C)OC(=O)C(C)CC)cc1OC(=O)OC(C)CC. The van der Waals surface area contributed by atoms with Gasteiger partial charge in [0.15, 0.2) is 11.5 Å². The molecule has 11 nitrogen and oxygen atoms in total. The number of ether oxygens (including phenoxy) is 6. The Balaban J connectivity index is 2.90. The van der Waals surface area contributed by atoms with Gasteiger partial charge in [0, 0.05) is 0 Å². The summed E-state index contributed by atoms with van der Waals surface area (Å²) in [5.74, 6) is -1.50. The summed E-state index contributed by atoms with van der Waals surface area (Å²) in [6.07, 6.45) is -1.51. The molecule has 11 heteroatoms. The zero-order chi connectivity index (χ0) is 28.8. The van der Waals surface area contributed by atoms with Crippen LogP contribution in [0.1, 0.15) is 73.3 Å². The van der Waals surface area contributed by atoms with E-state index in [2.05, 4.69) is 0 Å². The van der Waals surface area contributed by atoms with Crippen LogP contribution in [0.15, 0.2) is 18.2 Å². The molecule has 1 aromatic rings. The Morgan fingerprint density at radius 1 is 0.737 bits per heavy atom. The maximum Gasteiger partial charge on any atom is 0.514 e. The summed E-state index contributed by atoms with van der Waals surface area (Å²) in [7, 11) is 0. The first kappa shape index (κ1) is 32.7. The first-order valence-corrected chi connectivity index (χ1v) is 12.9. The summed E-state index contributed by atoms with van der Waals surface area (Å²) in [5, 5.41) is 0. The number of nitrogens with two attached hydrogens (primary N) is 1. The van der Waals surface area contributed by atoms with Gasteiger partial charge in [0.25, 0.3) is 0 Å². The lowest BCUT2D eigenvalue weighted by Gasteiger charge is -2.18. The lowest BCUT2D eigenvalue weighted by atomic mass is 10.1. The summed E-state index contributed by atoms with van der Waals surface area (Å²) >= 11 is 0. The Morgan fingerprint density at radius 3 is 1.82 bits per heavy atom. The van der Waals surface area contributed by atoms with Gasteiger partial charge < -0.3 is 34.2 Å². The van der Waals surface area contributed by atoms with E-state index in [1.807, 2.05) is 20.8 Å². The van der Waals surface area contributed by atoms with Crippen molar-refractivity contribution in [2.45, 2.75) is 98.5 Å². The summed E-state index contributed by atoms with van der Waals surface area (Å²) in [5.41, 5.74) is 6.51. The Bertz CT molecular complexity index is 934. The van der Waals surface area contributed by atoms with Gasteiger partial charge in [-0.25, -0.2) is 9.59 Å². The number of carbonyl (C=O) groups is 4. The molecule has 0 saturated carbocycles. The van der Waals surface area contributed by atoms with E-state index in [-0.39, 0.29) is 48.6 Å². The van der Waals surface area contributed by atoms with Gasteiger partial charge >= 0.3 is 24.2 Å². The van der Waals surface area contributed by atoms with E-state index in [4.69, 9.17) is 34.2 Å². The smallest absolute Gasteiger partial charge is 0.461 e. The van der Waals surface area contributed by atoms with Gasteiger partial charge in [-0.3, -0.25) is 9.59 Å². The fourth-order valence-corrected chi connectivity index (χ4v) is 2.73. The fraction of sp³-hybridized carbons (Fsp3) is 0.630. The Hall–Kier alpha value is -3.34. The molecule has 1 rings (SSSR count). The fourth-order valence-electron chi connectivity index (χ4n) is 2.73. The van der Waals surface area contributed by atoms with E-state index in [1.165, 1.54) is 12.1 Å². The molecule has 0 radical (unpaired) electrons. The average molecular weight is 540 g/mol. The Labute approximate surface area is 224 Å². The topological polar surface area (TPSA) is 150 Å². The average Bonchev–Trinajstić information content (AvgIpc) is 2.87. The second-order valence-corrected chi connectivity index (χ2v) is 9.16. The highest BCUT2D eigenvalue weighted by molar-refractivity contribution is 5.76. The molecule has 2 N–H and O–H groups in total. The molecule has 0 amide bonds. The van der Waals surface area contributed by atoms with Crippen molar-refractivity contribution in [1.29, 1.82) is 0 Å². The normalized spacial score (nSPS) is 14.7. The van der Waals surface area contributed by atoms with Gasteiger partial charge in [-0.15, -0.1) is 0 Å². The molecular formula is C27H41NO10. The molecule has 0 heterocycles. The van der Waals surface area contributed by atoms with Crippen LogP contribution in [0.3, 0.4) is 0 Å². The van der Waals surface area contributed by atoms with E-state index in [0.717, 1.165) is 0 Å². The van der Waals surface area contributed by atoms with Gasteiger partial charge in [0.05, 0.1) is 5.92 Å². The molecule has 1 aromatic carbocycles. The molecule has 0 fully saturated rings. The highest BCUT2D eigenvalue weighted by atomic mass is 16.7. The van der Waals surface area contributed by atoms with Crippen molar-refractivity contribution in [3.05, 3.63) is 23.8 Å². The molecule has 0 aliphatic carbocycles. The van der Waals surface area contributed by atoms with Crippen LogP contribution in [-0.4, -0.2) is 55.2 Å². The third-order valence-electron chi connectivity index (χ3n) is 5.69. The molecule has 5 atom stereocenters. The minimum Gasteiger partial charge on any atom is -0.461 e. The molecular weight excluding hydrogens is 498 g/mol. The first-order valence-electron chi connectivity index (χ1n) is 12.9. The third kappa shape index (κ3) is 11.8. The van der Waals surface area contributed by atoms with Crippen LogP contribution in [0, 0.1) is 5.92 Å². The highest BCUT2D eigenvalue weighted by Gasteiger charge is 2.23. The van der Waals surface area contributed by atoms with E-state index >= 15 is 0 Å². The molecule has 0 spiro atoms. The molecule has 0 bridgehead atoms. The van der Waals surface area contributed by atoms with Gasteiger partial charge in [-0.2, -0.15) is 0 Å². The lowest BCUT2D eigenvalue weighted by Crippen LogP contribution is -2.36. The Morgan fingerprint density at radius 2 is 1.29 bits per heavy atom. The number of carbonyl (C=O) groups excluding carboxylic acids is 4. The number of rotatable bonds is 14. The van der Waals surface area contributed by atoms with Crippen LogP contribution in [0.4, 0.5) is 9.59 Å². The zero-order valence-electron chi connectivity index (χ0n) is 23.3. The number of hydrogen-bond donors (Lipinski definition) is 1. The van der Waals surface area contributed by atoms with Crippen LogP contribution < -0.4 is 15.2 Å². The van der Waals surface area contributed by atoms with E-state index in [9.17, 15) is 19.2 Å². The molecule has 0 aliphatic rings. The van der Waals surface area contributed by atoms with E-state index in [1.54, 1.807) is 33.8 Å². The molecule has 214 valence electrons. The zero-order valence-corrected chi connectivity index (χ0v) is 23.3. The van der Waals surface area contributed by atoms with Crippen LogP contribution in [0.2, 0.25) is 0 Å². The van der Waals surface area contributed by atoms with Crippen molar-refractivity contribution in [2.24, 2.45) is 11.7 Å². The van der Waals surface area contributed by atoms with E-state index in [0.29, 0.717) is 24.8 Å². The highest BCUT2D eigenvalue weighted by Crippen LogP contribution is 2.30. The first-order chi connectivity index (χ1) is 17.9. The summed E-state index contributed by atoms with van der Waals surface area (Å²) in [6.45, 7) is 12.2. The predicted octanol–water partition coefficient (Wildman–Crippen LogP) is 4.71. The second-order valence-electron chi connectivity index (χ2n) is 9.16. The predicted molar refractivity (Wildman–Crippen MR) is 138 cm³/mol. The van der Waals surface area contributed by atoms with Gasteiger partial charge in [-0.1, -0.05) is 33.8 Å². The monoisotopic (exact) mass is 539 g/mol. The number of hydrogen-bond acceptors (Lipinski definition) is 11.